The van der Waals surface area contributed by atoms with Crippen molar-refractivity contribution in [1.29, 1.82) is 0 Å². The van der Waals surface area contributed by atoms with Gasteiger partial charge in [0.2, 0.25) is 5.91 Å². The molecule has 1 atom stereocenters. The number of carbonyl (C=O) groups excluding carboxylic acids is 1. The number of amides is 1. The minimum atomic E-state index is -1.06. The van der Waals surface area contributed by atoms with Gasteiger partial charge in [0, 0.05) is 17.1 Å². The average molecular weight is 404 g/mol. The Morgan fingerprint density at radius 1 is 1.36 bits per heavy atom. The highest BCUT2D eigenvalue weighted by atomic mass is 35.5. The number of aliphatic hydroxyl groups is 1. The van der Waals surface area contributed by atoms with Gasteiger partial charge in [-0.15, -0.1) is 0 Å². The van der Waals surface area contributed by atoms with E-state index in [1.807, 2.05) is 18.2 Å². The first-order chi connectivity index (χ1) is 13.5. The molecular weight excluding hydrogens is 385 g/mol. The smallest absolute Gasteiger partial charge is 0.241 e. The van der Waals surface area contributed by atoms with Gasteiger partial charge in [0.25, 0.3) is 0 Å². The number of hydrazone groups is 1. The summed E-state index contributed by atoms with van der Waals surface area (Å²) in [4.78, 5) is 12.2. The van der Waals surface area contributed by atoms with E-state index in [2.05, 4.69) is 10.4 Å². The Morgan fingerprint density at radius 2 is 2.14 bits per heavy atom. The monoisotopic (exact) mass is 403 g/mol. The van der Waals surface area contributed by atoms with Crippen LogP contribution in [0.2, 0.25) is 5.02 Å². The Bertz CT molecular complexity index is 933. The summed E-state index contributed by atoms with van der Waals surface area (Å²) in [5.41, 5.74) is 1.71. The normalized spacial score (nSPS) is 15.9. The van der Waals surface area contributed by atoms with Crippen LogP contribution in [-0.2, 0) is 11.3 Å². The highest BCUT2D eigenvalue weighted by molar-refractivity contribution is 6.31. The van der Waals surface area contributed by atoms with E-state index in [0.29, 0.717) is 16.3 Å². The maximum atomic E-state index is 13.9. The van der Waals surface area contributed by atoms with Crippen molar-refractivity contribution in [2.45, 2.75) is 12.8 Å². The number of hydrogen-bond donors (Lipinski definition) is 2. The molecule has 0 saturated carbocycles. The largest absolute Gasteiger partial charge is 0.494 e. The van der Waals surface area contributed by atoms with Gasteiger partial charge in [-0.2, -0.15) is 5.10 Å². The fourth-order valence-electron chi connectivity index (χ4n) is 2.65. The number of methoxy groups -OCH3 is 1. The molecule has 1 aliphatic heterocycles. The third-order valence-electron chi connectivity index (χ3n) is 4.15. The van der Waals surface area contributed by atoms with Crippen LogP contribution in [0.15, 0.2) is 59.7 Å². The first-order valence-corrected chi connectivity index (χ1v) is 8.91. The summed E-state index contributed by atoms with van der Waals surface area (Å²) in [6, 6.07) is 11.6. The van der Waals surface area contributed by atoms with Gasteiger partial charge in [-0.05, 0) is 42.0 Å². The molecule has 3 rings (SSSR count). The van der Waals surface area contributed by atoms with Crippen LogP contribution in [0.25, 0.3) is 0 Å². The second kappa shape index (κ2) is 8.86. The van der Waals surface area contributed by atoms with Crippen molar-refractivity contribution < 1.29 is 19.0 Å². The minimum Gasteiger partial charge on any atom is -0.494 e. The number of allylic oxidation sites excluding steroid dienone is 1. The number of carbonyl (C=O) groups is 1. The van der Waals surface area contributed by atoms with E-state index < -0.39 is 12.0 Å². The molecule has 0 saturated heterocycles. The summed E-state index contributed by atoms with van der Waals surface area (Å²) in [6.07, 6.45) is 1.99. The van der Waals surface area contributed by atoms with E-state index in [0.717, 1.165) is 5.56 Å². The number of nitrogens with zero attached hydrogens (tertiary/aromatic N) is 2. The molecule has 0 aromatic heterocycles. The zero-order valence-corrected chi connectivity index (χ0v) is 15.9. The molecule has 0 aliphatic carbocycles. The summed E-state index contributed by atoms with van der Waals surface area (Å²) < 4.78 is 18.8. The Morgan fingerprint density at radius 3 is 2.86 bits per heavy atom. The van der Waals surface area contributed by atoms with Crippen molar-refractivity contribution in [3.63, 3.8) is 0 Å². The molecule has 1 unspecified atom stereocenters. The standard InChI is InChI=1S/C20H19ClFN3O3/c1-28-18-8-6-13(10-16(18)22)17-7-9-20(27)25(24-17)12-19(26)23-11-14-4-2-3-5-15(14)21/h2-10,20,27H,11-12H2,1H3,(H,23,26). The first-order valence-electron chi connectivity index (χ1n) is 8.53. The summed E-state index contributed by atoms with van der Waals surface area (Å²) >= 11 is 6.07. The van der Waals surface area contributed by atoms with Crippen molar-refractivity contribution in [1.82, 2.24) is 10.3 Å². The number of nitrogens with one attached hydrogen (secondary N) is 1. The molecule has 0 spiro atoms. The molecule has 1 amide bonds. The Hall–Kier alpha value is -2.90. The summed E-state index contributed by atoms with van der Waals surface area (Å²) in [5, 5.41) is 18.9. The van der Waals surface area contributed by atoms with Crippen molar-refractivity contribution >= 4 is 23.2 Å². The van der Waals surface area contributed by atoms with E-state index in [1.165, 1.54) is 30.3 Å². The van der Waals surface area contributed by atoms with Gasteiger partial charge in [0.15, 0.2) is 17.8 Å². The van der Waals surface area contributed by atoms with E-state index >= 15 is 0 Å². The molecule has 0 radical (unpaired) electrons. The maximum absolute atomic E-state index is 13.9. The van der Waals surface area contributed by atoms with E-state index in [-0.39, 0.29) is 24.7 Å². The highest BCUT2D eigenvalue weighted by Crippen LogP contribution is 2.20. The van der Waals surface area contributed by atoms with Crippen molar-refractivity contribution in [3.8, 4) is 5.75 Å². The predicted molar refractivity (Wildman–Crippen MR) is 105 cm³/mol. The number of benzene rings is 2. The second-order valence-electron chi connectivity index (χ2n) is 6.07. The van der Waals surface area contributed by atoms with Gasteiger partial charge in [-0.25, -0.2) is 4.39 Å². The number of rotatable bonds is 6. The molecule has 2 N–H and O–H groups in total. The number of halogens is 2. The molecule has 6 nitrogen and oxygen atoms in total. The van der Waals surface area contributed by atoms with Gasteiger partial charge in [-0.3, -0.25) is 9.80 Å². The Labute approximate surface area is 166 Å². The average Bonchev–Trinajstić information content (AvgIpc) is 2.69. The zero-order valence-electron chi connectivity index (χ0n) is 15.1. The van der Waals surface area contributed by atoms with Gasteiger partial charge in [-0.1, -0.05) is 29.8 Å². The molecule has 1 heterocycles. The topological polar surface area (TPSA) is 74.2 Å². The lowest BCUT2D eigenvalue weighted by Crippen LogP contribution is -2.41. The highest BCUT2D eigenvalue weighted by Gasteiger charge is 2.20. The molecule has 2 aromatic rings. The fourth-order valence-corrected chi connectivity index (χ4v) is 2.86. The molecule has 0 fully saturated rings. The number of ether oxygens (including phenoxy) is 1. The van der Waals surface area contributed by atoms with Crippen LogP contribution < -0.4 is 10.1 Å². The fraction of sp³-hybridized carbons (Fsp3) is 0.200. The molecule has 8 heteroatoms. The molecule has 0 bridgehead atoms. The van der Waals surface area contributed by atoms with Gasteiger partial charge >= 0.3 is 0 Å². The van der Waals surface area contributed by atoms with Crippen molar-refractivity contribution in [2.75, 3.05) is 13.7 Å². The van der Waals surface area contributed by atoms with E-state index in [9.17, 15) is 14.3 Å². The summed E-state index contributed by atoms with van der Waals surface area (Å²) in [6.45, 7) is 0.0939. The quantitative estimate of drug-likeness (QED) is 0.777. The predicted octanol–water partition coefficient (Wildman–Crippen LogP) is 2.70. The van der Waals surface area contributed by atoms with E-state index in [4.69, 9.17) is 16.3 Å². The second-order valence-corrected chi connectivity index (χ2v) is 6.48. The molecule has 146 valence electrons. The summed E-state index contributed by atoms with van der Waals surface area (Å²) in [7, 11) is 1.38. The third kappa shape index (κ3) is 4.68. The van der Waals surface area contributed by atoms with Crippen LogP contribution >= 0.6 is 11.6 Å². The number of hydrogen-bond acceptors (Lipinski definition) is 5. The van der Waals surface area contributed by atoms with Gasteiger partial charge in [0.05, 0.1) is 12.8 Å². The third-order valence-corrected chi connectivity index (χ3v) is 4.52. The summed E-state index contributed by atoms with van der Waals surface area (Å²) in [5.74, 6) is -0.732. The van der Waals surface area contributed by atoms with Crippen molar-refractivity contribution in [2.24, 2.45) is 5.10 Å². The van der Waals surface area contributed by atoms with Gasteiger partial charge in [0.1, 0.15) is 6.54 Å². The zero-order chi connectivity index (χ0) is 20.1. The van der Waals surface area contributed by atoms with Gasteiger partial charge < -0.3 is 15.2 Å². The van der Waals surface area contributed by atoms with Crippen LogP contribution in [0.5, 0.6) is 5.75 Å². The maximum Gasteiger partial charge on any atom is 0.241 e. The number of aliphatic hydroxyl groups excluding tert-OH is 1. The van der Waals surface area contributed by atoms with Crippen LogP contribution in [0.4, 0.5) is 4.39 Å². The lowest BCUT2D eigenvalue weighted by Gasteiger charge is -2.26. The lowest BCUT2D eigenvalue weighted by molar-refractivity contribution is -0.124. The Kier molecular flexibility index (Phi) is 6.28. The van der Waals surface area contributed by atoms with Crippen molar-refractivity contribution in [3.05, 3.63) is 76.6 Å². The van der Waals surface area contributed by atoms with Crippen LogP contribution in [0.1, 0.15) is 11.1 Å². The molecule has 2 aromatic carbocycles. The van der Waals surface area contributed by atoms with Crippen LogP contribution in [0, 0.1) is 5.82 Å². The SMILES string of the molecule is COc1ccc(C2=NN(CC(=O)NCc3ccccc3Cl)C(O)C=C2)cc1F. The molecular formula is C20H19ClFN3O3. The molecule has 28 heavy (non-hydrogen) atoms. The Balaban J connectivity index is 1.67. The van der Waals surface area contributed by atoms with Crippen LogP contribution in [0.3, 0.4) is 0 Å². The van der Waals surface area contributed by atoms with Crippen LogP contribution in [-0.4, -0.2) is 41.6 Å². The van der Waals surface area contributed by atoms with E-state index in [1.54, 1.807) is 18.2 Å². The first kappa shape index (κ1) is 19.9. The molecule has 1 aliphatic rings. The minimum absolute atomic E-state index is 0.125. The lowest BCUT2D eigenvalue weighted by atomic mass is 10.1.